The number of hydrogen-bond donors (Lipinski definition) is 1. The van der Waals surface area contributed by atoms with Crippen molar-refractivity contribution in [2.75, 3.05) is 12.4 Å². The minimum absolute atomic E-state index is 0.182. The number of methoxy groups -OCH3 is 1. The number of carbonyl (C=O) groups is 2. The Morgan fingerprint density at radius 2 is 2.00 bits per heavy atom. The Morgan fingerprint density at radius 3 is 2.61 bits per heavy atom. The van der Waals surface area contributed by atoms with Gasteiger partial charge in [-0.3, -0.25) is 9.48 Å². The number of thiophene rings is 1. The van der Waals surface area contributed by atoms with Crippen molar-refractivity contribution in [1.29, 1.82) is 0 Å². The maximum absolute atomic E-state index is 13.0. The molecule has 1 N–H and O–H groups in total. The zero-order valence-electron chi connectivity index (χ0n) is 15.1. The van der Waals surface area contributed by atoms with Gasteiger partial charge in [0.15, 0.2) is 5.69 Å². The van der Waals surface area contributed by atoms with Gasteiger partial charge in [-0.2, -0.15) is 18.3 Å². The standard InChI is InChI=1S/C17H17BrF3N3O3S/c1-8-13(18)14(17(19,20)21)23-24(8)7-11(25)22-15-12(16(26)27-2)9-5-3-4-6-10(9)28-15/h3-7H2,1-2H3,(H,22,25). The van der Waals surface area contributed by atoms with E-state index < -0.39 is 30.3 Å². The van der Waals surface area contributed by atoms with Gasteiger partial charge in [0.05, 0.1) is 22.8 Å². The number of nitrogens with one attached hydrogen (secondary N) is 1. The molecule has 2 aromatic heterocycles. The van der Waals surface area contributed by atoms with Crippen molar-refractivity contribution in [1.82, 2.24) is 9.78 Å². The summed E-state index contributed by atoms with van der Waals surface area (Å²) in [6.45, 7) is 1.02. The van der Waals surface area contributed by atoms with Gasteiger partial charge in [-0.15, -0.1) is 11.3 Å². The molecule has 2 heterocycles. The van der Waals surface area contributed by atoms with E-state index in [9.17, 15) is 22.8 Å². The predicted molar refractivity (Wildman–Crippen MR) is 101 cm³/mol. The molecule has 0 radical (unpaired) electrons. The molecule has 11 heteroatoms. The van der Waals surface area contributed by atoms with E-state index in [-0.39, 0.29) is 10.2 Å². The minimum Gasteiger partial charge on any atom is -0.465 e. The molecule has 0 unspecified atom stereocenters. The van der Waals surface area contributed by atoms with Crippen molar-refractivity contribution in [2.24, 2.45) is 0 Å². The third kappa shape index (κ3) is 3.95. The number of carbonyl (C=O) groups excluding carboxylic acids is 2. The van der Waals surface area contributed by atoms with Crippen LogP contribution in [0.3, 0.4) is 0 Å². The maximum Gasteiger partial charge on any atom is 0.436 e. The molecule has 0 saturated heterocycles. The second-order valence-electron chi connectivity index (χ2n) is 6.36. The lowest BCUT2D eigenvalue weighted by Gasteiger charge is -2.11. The molecule has 0 bridgehead atoms. The van der Waals surface area contributed by atoms with Gasteiger partial charge in [0.1, 0.15) is 11.5 Å². The number of rotatable bonds is 4. The largest absolute Gasteiger partial charge is 0.465 e. The van der Waals surface area contributed by atoms with Gasteiger partial charge in [0.25, 0.3) is 0 Å². The Kier molecular flexibility index (Phi) is 5.85. The van der Waals surface area contributed by atoms with Crippen molar-refractivity contribution in [3.05, 3.63) is 31.9 Å². The Bertz CT molecular complexity index is 936. The van der Waals surface area contributed by atoms with E-state index in [1.165, 1.54) is 25.4 Å². The number of fused-ring (bicyclic) bond motifs is 1. The number of esters is 1. The summed E-state index contributed by atoms with van der Waals surface area (Å²) >= 11 is 4.19. The number of halogens is 4. The maximum atomic E-state index is 13.0. The first-order valence-electron chi connectivity index (χ1n) is 8.46. The summed E-state index contributed by atoms with van der Waals surface area (Å²) < 4.78 is 44.6. The van der Waals surface area contributed by atoms with E-state index in [0.29, 0.717) is 10.6 Å². The third-order valence-electron chi connectivity index (χ3n) is 4.51. The fourth-order valence-electron chi connectivity index (χ4n) is 3.13. The molecule has 1 aliphatic carbocycles. The molecule has 0 fully saturated rings. The molecular weight excluding hydrogens is 463 g/mol. The van der Waals surface area contributed by atoms with Crippen molar-refractivity contribution < 1.29 is 27.5 Å². The third-order valence-corrected chi connectivity index (χ3v) is 6.67. The zero-order chi connectivity index (χ0) is 20.6. The average Bonchev–Trinajstić information content (AvgIpc) is 3.12. The normalized spacial score (nSPS) is 13.9. The van der Waals surface area contributed by atoms with Gasteiger partial charge in [0.2, 0.25) is 5.91 Å². The molecule has 2 aromatic rings. The average molecular weight is 480 g/mol. The van der Waals surface area contributed by atoms with Crippen LogP contribution in [0.4, 0.5) is 18.2 Å². The first-order valence-corrected chi connectivity index (χ1v) is 10.1. The smallest absolute Gasteiger partial charge is 0.436 e. The molecule has 0 atom stereocenters. The van der Waals surface area contributed by atoms with Crippen molar-refractivity contribution in [3.63, 3.8) is 0 Å². The van der Waals surface area contributed by atoms with Gasteiger partial charge >= 0.3 is 12.1 Å². The van der Waals surface area contributed by atoms with Gasteiger partial charge in [-0.1, -0.05) is 0 Å². The van der Waals surface area contributed by atoms with E-state index in [2.05, 4.69) is 26.3 Å². The lowest BCUT2D eigenvalue weighted by Crippen LogP contribution is -2.21. The minimum atomic E-state index is -4.63. The van der Waals surface area contributed by atoms with Crippen LogP contribution in [0.2, 0.25) is 0 Å². The summed E-state index contributed by atoms with van der Waals surface area (Å²) in [7, 11) is 1.27. The molecule has 6 nitrogen and oxygen atoms in total. The van der Waals surface area contributed by atoms with Gasteiger partial charge in [0, 0.05) is 4.88 Å². The summed E-state index contributed by atoms with van der Waals surface area (Å²) in [6, 6.07) is 0. The predicted octanol–water partition coefficient (Wildman–Crippen LogP) is 4.34. The zero-order valence-corrected chi connectivity index (χ0v) is 17.5. The number of ether oxygens (including phenoxy) is 1. The molecule has 152 valence electrons. The Hall–Kier alpha value is -1.88. The molecular formula is C17H17BrF3N3O3S. The summed E-state index contributed by atoms with van der Waals surface area (Å²) in [5.41, 5.74) is 0.321. The molecule has 0 saturated carbocycles. The molecule has 1 aliphatic rings. The van der Waals surface area contributed by atoms with Crippen molar-refractivity contribution in [2.45, 2.75) is 45.3 Å². The second kappa shape index (κ2) is 7.86. The van der Waals surface area contributed by atoms with E-state index in [1.807, 2.05) is 0 Å². The van der Waals surface area contributed by atoms with E-state index in [1.54, 1.807) is 0 Å². The Labute approximate surface area is 171 Å². The highest BCUT2D eigenvalue weighted by Gasteiger charge is 2.38. The van der Waals surface area contributed by atoms with Crippen LogP contribution in [0.5, 0.6) is 0 Å². The highest BCUT2D eigenvalue weighted by Crippen LogP contribution is 2.39. The molecule has 3 rings (SSSR count). The van der Waals surface area contributed by atoms with Gasteiger partial charge in [-0.05, 0) is 54.1 Å². The lowest BCUT2D eigenvalue weighted by molar-refractivity contribution is -0.142. The second-order valence-corrected chi connectivity index (χ2v) is 8.26. The highest BCUT2D eigenvalue weighted by molar-refractivity contribution is 9.10. The SMILES string of the molecule is COC(=O)c1c(NC(=O)Cn2nc(C(F)(F)F)c(Br)c2C)sc2c1CCCC2. The fourth-order valence-corrected chi connectivity index (χ4v) is 4.94. The lowest BCUT2D eigenvalue weighted by atomic mass is 9.95. The van der Waals surface area contributed by atoms with Gasteiger partial charge in [-0.25, -0.2) is 4.79 Å². The molecule has 0 aliphatic heterocycles. The molecule has 0 spiro atoms. The van der Waals surface area contributed by atoms with E-state index >= 15 is 0 Å². The van der Waals surface area contributed by atoms with Crippen LogP contribution in [-0.4, -0.2) is 28.8 Å². The van der Waals surface area contributed by atoms with Crippen LogP contribution < -0.4 is 5.32 Å². The van der Waals surface area contributed by atoms with Crippen LogP contribution in [0.25, 0.3) is 0 Å². The van der Waals surface area contributed by atoms with Crippen LogP contribution in [-0.2, 0) is 35.1 Å². The van der Waals surface area contributed by atoms with Gasteiger partial charge < -0.3 is 10.1 Å². The van der Waals surface area contributed by atoms with E-state index in [0.717, 1.165) is 40.8 Å². The quantitative estimate of drug-likeness (QED) is 0.662. The Balaban J connectivity index is 1.85. The monoisotopic (exact) mass is 479 g/mol. The number of hydrogen-bond acceptors (Lipinski definition) is 5. The number of aromatic nitrogens is 2. The summed E-state index contributed by atoms with van der Waals surface area (Å²) in [6.07, 6.45) is -1.13. The van der Waals surface area contributed by atoms with Crippen LogP contribution in [0.1, 0.15) is 45.0 Å². The number of nitrogens with zero attached hydrogens (tertiary/aromatic N) is 2. The topological polar surface area (TPSA) is 73.2 Å². The first-order chi connectivity index (χ1) is 13.1. The van der Waals surface area contributed by atoms with E-state index in [4.69, 9.17) is 4.74 Å². The van der Waals surface area contributed by atoms with Crippen LogP contribution >= 0.6 is 27.3 Å². The van der Waals surface area contributed by atoms with Crippen LogP contribution in [0, 0.1) is 6.92 Å². The Morgan fingerprint density at radius 1 is 1.32 bits per heavy atom. The number of alkyl halides is 3. The van der Waals surface area contributed by atoms with Crippen LogP contribution in [0.15, 0.2) is 4.47 Å². The summed E-state index contributed by atoms with van der Waals surface area (Å²) in [5, 5.41) is 6.51. The fraction of sp³-hybridized carbons (Fsp3) is 0.471. The molecule has 28 heavy (non-hydrogen) atoms. The summed E-state index contributed by atoms with van der Waals surface area (Å²) in [4.78, 5) is 25.7. The summed E-state index contributed by atoms with van der Waals surface area (Å²) in [5.74, 6) is -1.11. The first kappa shape index (κ1) is 20.8. The van der Waals surface area contributed by atoms with Crippen molar-refractivity contribution in [3.8, 4) is 0 Å². The number of aryl methyl sites for hydroxylation is 1. The molecule has 0 aromatic carbocycles. The number of amides is 1. The highest BCUT2D eigenvalue weighted by atomic mass is 79.9. The molecule has 1 amide bonds. The van der Waals surface area contributed by atoms with Crippen molar-refractivity contribution >= 4 is 44.1 Å². The number of anilines is 1.